The molecule has 154 valence electrons. The maximum Gasteiger partial charge on any atom is 0.261 e. The maximum absolute atomic E-state index is 12.6. The van der Waals surface area contributed by atoms with E-state index in [9.17, 15) is 8.42 Å². The smallest absolute Gasteiger partial charge is 0.261 e. The topological polar surface area (TPSA) is 62.3 Å². The van der Waals surface area contributed by atoms with Gasteiger partial charge >= 0.3 is 0 Å². The fourth-order valence-electron chi connectivity index (χ4n) is 3.55. The van der Waals surface area contributed by atoms with E-state index in [-0.39, 0.29) is 17.3 Å². The fourth-order valence-corrected chi connectivity index (χ4v) is 4.59. The van der Waals surface area contributed by atoms with Gasteiger partial charge in [0.2, 0.25) is 0 Å². The highest BCUT2D eigenvalue weighted by atomic mass is 35.5. The van der Waals surface area contributed by atoms with Gasteiger partial charge in [0.05, 0.1) is 16.8 Å². The van der Waals surface area contributed by atoms with Crippen LogP contribution in [0.4, 0.5) is 5.69 Å². The molecule has 1 aliphatic heterocycles. The summed E-state index contributed by atoms with van der Waals surface area (Å²) in [5.41, 5.74) is 2.65. The molecule has 1 atom stereocenters. The molecule has 0 saturated carbocycles. The molecule has 1 aromatic carbocycles. The van der Waals surface area contributed by atoms with Gasteiger partial charge in [0.25, 0.3) is 10.0 Å². The predicted molar refractivity (Wildman–Crippen MR) is 117 cm³/mol. The van der Waals surface area contributed by atoms with E-state index >= 15 is 0 Å². The number of aromatic nitrogens is 1. The number of hydrogen-bond acceptors (Lipinski definition) is 4. The maximum atomic E-state index is 12.6. The van der Waals surface area contributed by atoms with Crippen molar-refractivity contribution in [2.24, 2.45) is 0 Å². The molecule has 0 amide bonds. The molecule has 5 nitrogen and oxygen atoms in total. The lowest BCUT2D eigenvalue weighted by atomic mass is 10.0. The quantitative estimate of drug-likeness (QED) is 0.705. The summed E-state index contributed by atoms with van der Waals surface area (Å²) in [6.45, 7) is 9.64. The Balaban J connectivity index is 0.00000280. The van der Waals surface area contributed by atoms with Gasteiger partial charge in [0.1, 0.15) is 0 Å². The van der Waals surface area contributed by atoms with Gasteiger partial charge in [0, 0.05) is 18.2 Å². The fraction of sp³-hybridized carbons (Fsp3) is 0.476. The Labute approximate surface area is 175 Å². The first kappa shape index (κ1) is 22.7. The highest BCUT2D eigenvalue weighted by Gasteiger charge is 2.24. The molecule has 28 heavy (non-hydrogen) atoms. The van der Waals surface area contributed by atoms with Crippen molar-refractivity contribution >= 4 is 28.1 Å². The van der Waals surface area contributed by atoms with E-state index in [1.54, 1.807) is 18.3 Å². The van der Waals surface area contributed by atoms with Gasteiger partial charge in [-0.15, -0.1) is 12.4 Å². The second-order valence-electron chi connectivity index (χ2n) is 7.59. The van der Waals surface area contributed by atoms with Crippen molar-refractivity contribution in [3.05, 3.63) is 53.9 Å². The molecule has 0 bridgehead atoms. The van der Waals surface area contributed by atoms with E-state index in [0.29, 0.717) is 17.5 Å². The van der Waals surface area contributed by atoms with Crippen LogP contribution in [0.2, 0.25) is 0 Å². The molecule has 1 unspecified atom stereocenters. The van der Waals surface area contributed by atoms with Crippen LogP contribution in [0.5, 0.6) is 0 Å². The van der Waals surface area contributed by atoms with E-state index in [4.69, 9.17) is 0 Å². The van der Waals surface area contributed by atoms with Gasteiger partial charge in [-0.05, 0) is 61.7 Å². The second-order valence-corrected chi connectivity index (χ2v) is 9.27. The molecular weight excluding hydrogens is 394 g/mol. The number of nitrogens with one attached hydrogen (secondary N) is 1. The Bertz CT molecular complexity index is 852. The molecule has 3 rings (SSSR count). The van der Waals surface area contributed by atoms with Crippen molar-refractivity contribution in [1.82, 2.24) is 9.88 Å². The van der Waals surface area contributed by atoms with E-state index in [0.717, 1.165) is 37.3 Å². The van der Waals surface area contributed by atoms with Gasteiger partial charge in [0.15, 0.2) is 0 Å². The summed E-state index contributed by atoms with van der Waals surface area (Å²) in [5.74, 6) is 0.807. The number of halogens is 1. The van der Waals surface area contributed by atoms with E-state index < -0.39 is 10.0 Å². The molecule has 0 spiro atoms. The molecule has 2 heterocycles. The van der Waals surface area contributed by atoms with Gasteiger partial charge in [-0.2, -0.15) is 0 Å². The summed E-state index contributed by atoms with van der Waals surface area (Å²) < 4.78 is 27.8. The second kappa shape index (κ2) is 9.72. The first-order chi connectivity index (χ1) is 12.9. The van der Waals surface area contributed by atoms with Crippen LogP contribution in [0.1, 0.15) is 56.7 Å². The summed E-state index contributed by atoms with van der Waals surface area (Å²) in [4.78, 5) is 7.24. The molecule has 1 fully saturated rings. The largest absolute Gasteiger partial charge is 0.303 e. The molecule has 0 aliphatic carbocycles. The molecule has 1 saturated heterocycles. The number of likely N-dealkylation sites (tertiary alicyclic amines) is 1. The molecular formula is C21H30ClN3O2S. The van der Waals surface area contributed by atoms with E-state index in [1.165, 1.54) is 6.42 Å². The number of rotatable bonds is 7. The highest BCUT2D eigenvalue weighted by Crippen LogP contribution is 2.27. The Morgan fingerprint density at radius 2 is 1.89 bits per heavy atom. The van der Waals surface area contributed by atoms with Crippen LogP contribution in [-0.4, -0.2) is 37.9 Å². The summed E-state index contributed by atoms with van der Waals surface area (Å²) in [6, 6.07) is 10.8. The zero-order valence-corrected chi connectivity index (χ0v) is 18.4. The monoisotopic (exact) mass is 423 g/mol. The third-order valence-electron chi connectivity index (χ3n) is 5.13. The van der Waals surface area contributed by atoms with Crippen LogP contribution in [0.25, 0.3) is 0 Å². The van der Waals surface area contributed by atoms with Crippen molar-refractivity contribution in [3.63, 3.8) is 0 Å². The van der Waals surface area contributed by atoms with Crippen LogP contribution in [-0.2, 0) is 10.0 Å². The zero-order chi connectivity index (χ0) is 19.4. The van der Waals surface area contributed by atoms with Crippen molar-refractivity contribution in [1.29, 1.82) is 0 Å². The summed E-state index contributed by atoms with van der Waals surface area (Å²) >= 11 is 0. The number of hydrogen-bond donors (Lipinski definition) is 1. The third kappa shape index (κ3) is 5.46. The first-order valence-electron chi connectivity index (χ1n) is 9.70. The lowest BCUT2D eigenvalue weighted by Gasteiger charge is -2.15. The average molecular weight is 424 g/mol. The van der Waals surface area contributed by atoms with Crippen molar-refractivity contribution in [2.75, 3.05) is 24.4 Å². The Kier molecular flexibility index (Phi) is 7.87. The first-order valence-corrected chi connectivity index (χ1v) is 11.2. The molecule has 2 aromatic rings. The number of benzene rings is 1. The Morgan fingerprint density at radius 1 is 1.18 bits per heavy atom. The molecule has 1 aliphatic rings. The molecule has 0 radical (unpaired) electrons. The van der Waals surface area contributed by atoms with Gasteiger partial charge in [-0.25, -0.2) is 8.42 Å². The van der Waals surface area contributed by atoms with Crippen molar-refractivity contribution in [3.8, 4) is 0 Å². The third-order valence-corrected chi connectivity index (χ3v) is 6.52. The minimum atomic E-state index is -3.60. The lowest BCUT2D eigenvalue weighted by Crippen LogP contribution is -2.21. The number of nitrogens with zero attached hydrogens (tertiary/aromatic N) is 2. The predicted octanol–water partition coefficient (Wildman–Crippen LogP) is 4.63. The van der Waals surface area contributed by atoms with Crippen LogP contribution in [0.15, 0.2) is 47.5 Å². The highest BCUT2D eigenvalue weighted by molar-refractivity contribution is 7.92. The molecule has 7 heteroatoms. The number of anilines is 1. The van der Waals surface area contributed by atoms with Crippen LogP contribution in [0.3, 0.4) is 0 Å². The van der Waals surface area contributed by atoms with Gasteiger partial charge in [-0.3, -0.25) is 9.71 Å². The summed E-state index contributed by atoms with van der Waals surface area (Å²) in [7, 11) is -3.60. The van der Waals surface area contributed by atoms with E-state index in [1.807, 2.05) is 24.3 Å². The van der Waals surface area contributed by atoms with E-state index in [2.05, 4.69) is 35.4 Å². The van der Waals surface area contributed by atoms with Crippen LogP contribution in [0, 0.1) is 0 Å². The average Bonchev–Trinajstić information content (AvgIpc) is 3.11. The Hall–Kier alpha value is -1.63. The molecule has 1 N–H and O–H groups in total. The SMILES string of the molecule is CCCN1CCC(c2ccc(NS(=O)(=O)c3ccc(C(C)C)cc3)cn2)C1.Cl. The lowest BCUT2D eigenvalue weighted by molar-refractivity contribution is 0.334. The van der Waals surface area contributed by atoms with Crippen molar-refractivity contribution in [2.45, 2.75) is 50.3 Å². The molecule has 1 aromatic heterocycles. The Morgan fingerprint density at radius 3 is 2.46 bits per heavy atom. The minimum Gasteiger partial charge on any atom is -0.303 e. The minimum absolute atomic E-state index is 0. The van der Waals surface area contributed by atoms with Crippen molar-refractivity contribution < 1.29 is 8.42 Å². The van der Waals surface area contributed by atoms with Gasteiger partial charge in [-0.1, -0.05) is 32.9 Å². The summed E-state index contributed by atoms with van der Waals surface area (Å²) in [5, 5.41) is 0. The van der Waals surface area contributed by atoms with Crippen LogP contribution >= 0.6 is 12.4 Å². The standard InChI is InChI=1S/C21H29N3O2S.ClH/c1-4-12-24-13-11-18(15-24)21-10-7-19(14-22-21)23-27(25,26)20-8-5-17(6-9-20)16(2)3;/h5-10,14,16,18,23H,4,11-13,15H2,1-3H3;1H. The summed E-state index contributed by atoms with van der Waals surface area (Å²) in [6.07, 6.45) is 3.90. The number of sulfonamides is 1. The van der Waals surface area contributed by atoms with Gasteiger partial charge < -0.3 is 4.90 Å². The van der Waals surface area contributed by atoms with Crippen LogP contribution < -0.4 is 4.72 Å². The normalized spacial score (nSPS) is 17.5. The zero-order valence-electron chi connectivity index (χ0n) is 16.8. The number of pyridine rings is 1.